The molecule has 2 unspecified atom stereocenters. The van der Waals surface area contributed by atoms with Gasteiger partial charge >= 0.3 is 14.4 Å². The van der Waals surface area contributed by atoms with Gasteiger partial charge in [0.15, 0.2) is 11.2 Å². The van der Waals surface area contributed by atoms with Gasteiger partial charge in [-0.25, -0.2) is 4.79 Å². The maximum absolute atomic E-state index is 13.5. The van der Waals surface area contributed by atoms with E-state index in [-0.39, 0.29) is 36.6 Å². The Kier molecular flexibility index (Phi) is 12.9. The standard InChI is InChI=1S/C33H44N3O6P/c1-24(2)29(43-42)33(3,32(40)41)36(28(37)20-12-16-25-14-6-4-7-15-25)23-11-10-21-34-30(38)27-19-13-22-35(27)31(39)26-17-8-5-9-18-26/h4-9,14-15,17-18,24,27,29H,10-13,16,19-23H2,1-3H3,(H,34,38)(H,40,41)/p+1/t27-,29?,33-/m0/s1. The Morgan fingerprint density at radius 2 is 1.67 bits per heavy atom. The average Bonchev–Trinajstić information content (AvgIpc) is 3.49. The van der Waals surface area contributed by atoms with Gasteiger partial charge in [-0.2, -0.15) is 0 Å². The van der Waals surface area contributed by atoms with E-state index in [1.165, 1.54) is 11.8 Å². The molecule has 1 fully saturated rings. The molecule has 0 saturated carbocycles. The molecule has 3 amide bonds. The van der Waals surface area contributed by atoms with E-state index in [2.05, 4.69) is 5.32 Å². The number of hydrogen-bond donors (Lipinski definition) is 2. The van der Waals surface area contributed by atoms with Gasteiger partial charge in [0.1, 0.15) is 6.04 Å². The summed E-state index contributed by atoms with van der Waals surface area (Å²) in [5, 5.41) is 13.3. The van der Waals surface area contributed by atoms with E-state index in [0.717, 1.165) is 12.0 Å². The van der Waals surface area contributed by atoms with Crippen molar-refractivity contribution in [1.82, 2.24) is 15.1 Å². The Morgan fingerprint density at radius 3 is 2.28 bits per heavy atom. The van der Waals surface area contributed by atoms with Crippen LogP contribution in [0.25, 0.3) is 0 Å². The Morgan fingerprint density at radius 1 is 1.02 bits per heavy atom. The maximum atomic E-state index is 13.5. The average molecular weight is 611 g/mol. The highest BCUT2D eigenvalue weighted by Crippen LogP contribution is 2.35. The third-order valence-corrected chi connectivity index (χ3v) is 9.82. The molecule has 1 aliphatic heterocycles. The van der Waals surface area contributed by atoms with E-state index >= 15 is 0 Å². The van der Waals surface area contributed by atoms with Crippen molar-refractivity contribution in [3.8, 4) is 0 Å². The lowest BCUT2D eigenvalue weighted by Crippen LogP contribution is -2.62. The molecule has 232 valence electrons. The molecule has 2 N–H and O–H groups in total. The van der Waals surface area contributed by atoms with Crippen LogP contribution in [0.15, 0.2) is 60.7 Å². The molecule has 1 saturated heterocycles. The van der Waals surface area contributed by atoms with Crippen LogP contribution in [0.3, 0.4) is 0 Å². The van der Waals surface area contributed by atoms with Crippen LogP contribution in [-0.2, 0) is 25.4 Å². The summed E-state index contributed by atoms with van der Waals surface area (Å²) in [6.45, 7) is 6.16. The number of nitrogens with zero attached hydrogens (tertiary/aromatic N) is 2. The number of likely N-dealkylation sites (tertiary alicyclic amines) is 1. The van der Waals surface area contributed by atoms with Gasteiger partial charge in [0, 0.05) is 37.5 Å². The smallest absolute Gasteiger partial charge is 0.334 e. The van der Waals surface area contributed by atoms with Crippen LogP contribution in [0.2, 0.25) is 0 Å². The van der Waals surface area contributed by atoms with Crippen molar-refractivity contribution < 1.29 is 28.8 Å². The number of carbonyl (C=O) groups is 4. The molecule has 0 spiro atoms. The number of aliphatic carboxylic acids is 1. The monoisotopic (exact) mass is 610 g/mol. The van der Waals surface area contributed by atoms with Crippen molar-refractivity contribution in [1.29, 1.82) is 0 Å². The molecule has 1 aliphatic rings. The second-order valence-electron chi connectivity index (χ2n) is 11.7. The number of carboxylic acid groups (broad SMARTS) is 1. The van der Waals surface area contributed by atoms with Crippen molar-refractivity contribution >= 4 is 32.2 Å². The SMILES string of the molecule is CC(C)C([PH+]=O)[C@@](C)(C(=O)O)N(CCCCNC(=O)[C@@H]1CCCN1C(=O)c1ccccc1)C(=O)CCCc1ccccc1. The van der Waals surface area contributed by atoms with Crippen LogP contribution < -0.4 is 5.32 Å². The molecule has 2 aromatic carbocycles. The van der Waals surface area contributed by atoms with Crippen LogP contribution in [0.4, 0.5) is 0 Å². The van der Waals surface area contributed by atoms with Gasteiger partial charge in [0.25, 0.3) is 5.91 Å². The van der Waals surface area contributed by atoms with Gasteiger partial charge in [-0.05, 0) is 63.1 Å². The first-order valence-corrected chi connectivity index (χ1v) is 16.2. The largest absolute Gasteiger partial charge is 0.479 e. The van der Waals surface area contributed by atoms with Crippen molar-refractivity contribution in [3.05, 3.63) is 71.8 Å². The number of aryl methyl sites for hydroxylation is 1. The second kappa shape index (κ2) is 16.3. The predicted molar refractivity (Wildman–Crippen MR) is 168 cm³/mol. The fourth-order valence-corrected chi connectivity index (χ4v) is 6.69. The number of carboxylic acids is 1. The summed E-state index contributed by atoms with van der Waals surface area (Å²) in [6, 6.07) is 18.2. The lowest BCUT2D eigenvalue weighted by Gasteiger charge is -2.40. The molecule has 43 heavy (non-hydrogen) atoms. The number of unbranched alkanes of at least 4 members (excludes halogenated alkanes) is 1. The lowest BCUT2D eigenvalue weighted by molar-refractivity contribution is -0.159. The molecule has 0 radical (unpaired) electrons. The summed E-state index contributed by atoms with van der Waals surface area (Å²) in [7, 11) is -0.886. The summed E-state index contributed by atoms with van der Waals surface area (Å²) in [5.74, 6) is -2.05. The topological polar surface area (TPSA) is 124 Å². The third-order valence-electron chi connectivity index (χ3n) is 8.34. The number of carbonyl (C=O) groups excluding carboxylic acids is 3. The normalized spacial score (nSPS) is 16.9. The molecule has 3 rings (SSSR count). The fourth-order valence-electron chi connectivity index (χ4n) is 5.91. The van der Waals surface area contributed by atoms with E-state index in [0.29, 0.717) is 50.8 Å². The second-order valence-corrected chi connectivity index (χ2v) is 12.6. The van der Waals surface area contributed by atoms with Gasteiger partial charge in [-0.15, -0.1) is 0 Å². The minimum absolute atomic E-state index is 0.161. The highest BCUT2D eigenvalue weighted by Gasteiger charge is 2.54. The summed E-state index contributed by atoms with van der Waals surface area (Å²) in [5.41, 5.74) is -0.719. The van der Waals surface area contributed by atoms with Gasteiger partial charge in [-0.3, -0.25) is 14.4 Å². The summed E-state index contributed by atoms with van der Waals surface area (Å²) >= 11 is 0. The highest BCUT2D eigenvalue weighted by molar-refractivity contribution is 7.25. The molecular formula is C33H45N3O6P+. The molecule has 4 atom stereocenters. The van der Waals surface area contributed by atoms with Crippen LogP contribution in [-0.4, -0.2) is 75.5 Å². The molecule has 0 aromatic heterocycles. The van der Waals surface area contributed by atoms with Gasteiger partial charge < -0.3 is 20.2 Å². The number of rotatable bonds is 16. The zero-order chi connectivity index (χ0) is 31.4. The van der Waals surface area contributed by atoms with Gasteiger partial charge in [-0.1, -0.05) is 66.9 Å². The third kappa shape index (κ3) is 8.73. The number of benzene rings is 2. The van der Waals surface area contributed by atoms with E-state index in [4.69, 9.17) is 0 Å². The quantitative estimate of drug-likeness (QED) is 0.205. The van der Waals surface area contributed by atoms with Crippen molar-refractivity contribution in [2.45, 2.75) is 83.0 Å². The van der Waals surface area contributed by atoms with Gasteiger partial charge in [0.2, 0.25) is 11.8 Å². The maximum Gasteiger partial charge on any atom is 0.334 e. The fraction of sp³-hybridized carbons (Fsp3) is 0.515. The molecular weight excluding hydrogens is 565 g/mol. The predicted octanol–water partition coefficient (Wildman–Crippen LogP) is 4.93. The minimum Gasteiger partial charge on any atom is -0.479 e. The Hall–Kier alpha value is -3.58. The first-order chi connectivity index (χ1) is 20.6. The zero-order valence-electron chi connectivity index (χ0n) is 25.5. The van der Waals surface area contributed by atoms with Crippen LogP contribution in [0, 0.1) is 5.92 Å². The van der Waals surface area contributed by atoms with E-state index in [9.17, 15) is 28.8 Å². The van der Waals surface area contributed by atoms with Crippen LogP contribution in [0.1, 0.15) is 75.2 Å². The Labute approximate surface area is 256 Å². The van der Waals surface area contributed by atoms with Crippen LogP contribution in [0.5, 0.6) is 0 Å². The molecule has 2 aromatic rings. The van der Waals surface area contributed by atoms with Crippen molar-refractivity contribution in [2.24, 2.45) is 5.92 Å². The number of nitrogens with one attached hydrogen (secondary N) is 1. The van der Waals surface area contributed by atoms with Gasteiger partial charge in [0.05, 0.1) is 0 Å². The first kappa shape index (κ1) is 33.9. The highest BCUT2D eigenvalue weighted by atomic mass is 31.1. The van der Waals surface area contributed by atoms with Crippen molar-refractivity contribution in [3.63, 3.8) is 0 Å². The number of amides is 3. The molecule has 9 nitrogen and oxygen atoms in total. The van der Waals surface area contributed by atoms with Crippen molar-refractivity contribution in [2.75, 3.05) is 19.6 Å². The molecule has 0 bridgehead atoms. The van der Waals surface area contributed by atoms with Crippen LogP contribution >= 0.6 is 8.46 Å². The van der Waals surface area contributed by atoms with E-state index in [1.807, 2.05) is 50.2 Å². The Balaban J connectivity index is 1.61. The summed E-state index contributed by atoms with van der Waals surface area (Å²) in [6.07, 6.45) is 3.75. The number of hydrogen-bond acceptors (Lipinski definition) is 5. The summed E-state index contributed by atoms with van der Waals surface area (Å²) < 4.78 is 12.2. The molecule has 0 aliphatic carbocycles. The Bertz CT molecular complexity index is 1240. The first-order valence-electron chi connectivity index (χ1n) is 15.2. The summed E-state index contributed by atoms with van der Waals surface area (Å²) in [4.78, 5) is 55.2. The minimum atomic E-state index is -1.64. The van der Waals surface area contributed by atoms with E-state index < -0.39 is 31.7 Å². The zero-order valence-corrected chi connectivity index (χ0v) is 26.5. The molecule has 10 heteroatoms. The van der Waals surface area contributed by atoms with E-state index in [1.54, 1.807) is 29.2 Å². The molecule has 1 heterocycles. The lowest BCUT2D eigenvalue weighted by atomic mass is 9.87.